The van der Waals surface area contributed by atoms with Gasteiger partial charge in [0.05, 0.1) is 4.88 Å². The molecule has 2 N–H and O–H groups in total. The topological polar surface area (TPSA) is 102 Å². The van der Waals surface area contributed by atoms with Crippen molar-refractivity contribution >= 4 is 33.0 Å². The molecule has 0 unspecified atom stereocenters. The summed E-state index contributed by atoms with van der Waals surface area (Å²) in [7, 11) is -1.64. The molecule has 1 aliphatic rings. The van der Waals surface area contributed by atoms with Gasteiger partial charge in [0.1, 0.15) is 10.0 Å². The van der Waals surface area contributed by atoms with Gasteiger partial charge in [0.2, 0.25) is 0 Å². The first-order valence-electron chi connectivity index (χ1n) is 9.81. The van der Waals surface area contributed by atoms with Crippen LogP contribution < -0.4 is 10.0 Å². The molecule has 3 aromatic rings. The third kappa shape index (κ3) is 4.55. The molecule has 160 valence electrons. The molecule has 0 aromatic carbocycles. The van der Waals surface area contributed by atoms with Crippen molar-refractivity contribution in [2.45, 2.75) is 56.2 Å². The second-order valence-electron chi connectivity index (χ2n) is 8.68. The number of nitrogens with zero attached hydrogens (tertiary/aromatic N) is 4. The Hall–Kier alpha value is -2.30. The quantitative estimate of drug-likeness (QED) is 0.595. The van der Waals surface area contributed by atoms with Gasteiger partial charge in [0.15, 0.2) is 11.6 Å². The lowest BCUT2D eigenvalue weighted by Gasteiger charge is -2.19. The lowest BCUT2D eigenvalue weighted by Crippen LogP contribution is -2.40. The normalized spacial score (nSPS) is 14.8. The van der Waals surface area contributed by atoms with E-state index in [0.717, 1.165) is 22.7 Å². The summed E-state index contributed by atoms with van der Waals surface area (Å²) in [4.78, 5) is 9.72. The van der Waals surface area contributed by atoms with E-state index in [9.17, 15) is 8.42 Å². The molecule has 10 heteroatoms. The third-order valence-electron chi connectivity index (χ3n) is 4.64. The van der Waals surface area contributed by atoms with E-state index in [4.69, 9.17) is 0 Å². The maximum Gasteiger partial charge on any atom is 0.250 e. The Bertz CT molecular complexity index is 1190. The van der Waals surface area contributed by atoms with E-state index in [1.54, 1.807) is 18.3 Å². The van der Waals surface area contributed by atoms with E-state index >= 15 is 0 Å². The molecule has 3 aromatic heterocycles. The summed E-state index contributed by atoms with van der Waals surface area (Å²) in [6.45, 7) is 7.36. The van der Waals surface area contributed by atoms with Gasteiger partial charge >= 0.3 is 0 Å². The fourth-order valence-corrected chi connectivity index (χ4v) is 5.82. The highest BCUT2D eigenvalue weighted by Crippen LogP contribution is 2.40. The van der Waals surface area contributed by atoms with Crippen molar-refractivity contribution in [1.82, 2.24) is 24.5 Å². The maximum atomic E-state index is 12.6. The molecule has 0 bridgehead atoms. The lowest BCUT2D eigenvalue weighted by atomic mass is 10.1. The van der Waals surface area contributed by atoms with Gasteiger partial charge in [-0.1, -0.05) is 0 Å². The molecule has 30 heavy (non-hydrogen) atoms. The standard InChI is InChI=1S/C20H26N6O2S2/c1-12-11-21-19(15-8-9-17(29-15)30(27,28)25-20(2,3)4)23-18(12)22-16-10-14(13-6-7-13)26(5)24-16/h8-11,13,25H,6-7H2,1-5H3,(H,21,22,23,24). The zero-order valence-electron chi connectivity index (χ0n) is 17.7. The van der Waals surface area contributed by atoms with Crippen LogP contribution in [0.2, 0.25) is 0 Å². The van der Waals surface area contributed by atoms with Gasteiger partial charge in [-0.15, -0.1) is 11.3 Å². The first kappa shape index (κ1) is 21.0. The summed E-state index contributed by atoms with van der Waals surface area (Å²) >= 11 is 1.15. The van der Waals surface area contributed by atoms with Gasteiger partial charge in [-0.05, 0) is 52.7 Å². The Kier molecular flexibility index (Phi) is 5.19. The summed E-state index contributed by atoms with van der Waals surface area (Å²) in [6.07, 6.45) is 4.16. The molecule has 4 rings (SSSR count). The minimum absolute atomic E-state index is 0.241. The summed E-state index contributed by atoms with van der Waals surface area (Å²) in [6, 6.07) is 5.39. The monoisotopic (exact) mass is 446 g/mol. The van der Waals surface area contributed by atoms with Crippen molar-refractivity contribution in [3.8, 4) is 10.7 Å². The number of sulfonamides is 1. The Balaban J connectivity index is 1.59. The smallest absolute Gasteiger partial charge is 0.250 e. The minimum Gasteiger partial charge on any atom is -0.323 e. The molecule has 0 atom stereocenters. The zero-order valence-corrected chi connectivity index (χ0v) is 19.4. The molecular formula is C20H26N6O2S2. The van der Waals surface area contributed by atoms with Crippen molar-refractivity contribution in [2.75, 3.05) is 5.32 Å². The average molecular weight is 447 g/mol. The molecule has 3 heterocycles. The van der Waals surface area contributed by atoms with E-state index in [-0.39, 0.29) is 4.21 Å². The SMILES string of the molecule is Cc1cnc(-c2ccc(S(=O)(=O)NC(C)(C)C)s2)nc1Nc1cc(C2CC2)n(C)n1. The van der Waals surface area contributed by atoms with Crippen molar-refractivity contribution in [3.05, 3.63) is 35.7 Å². The van der Waals surface area contributed by atoms with Crippen LogP contribution in [0.3, 0.4) is 0 Å². The number of rotatable bonds is 6. The summed E-state index contributed by atoms with van der Waals surface area (Å²) in [5.74, 6) is 2.49. The van der Waals surface area contributed by atoms with E-state index in [1.807, 2.05) is 39.4 Å². The number of anilines is 2. The zero-order chi connectivity index (χ0) is 21.7. The van der Waals surface area contributed by atoms with Crippen LogP contribution in [-0.2, 0) is 17.1 Å². The number of hydrogen-bond donors (Lipinski definition) is 2. The Morgan fingerprint density at radius 1 is 1.23 bits per heavy atom. The molecule has 0 aliphatic heterocycles. The minimum atomic E-state index is -3.59. The number of aryl methyl sites for hydroxylation is 2. The van der Waals surface area contributed by atoms with E-state index < -0.39 is 15.6 Å². The van der Waals surface area contributed by atoms with E-state index in [0.29, 0.717) is 22.4 Å². The second kappa shape index (κ2) is 7.44. The molecular weight excluding hydrogens is 420 g/mol. The Labute approximate surface area is 180 Å². The highest BCUT2D eigenvalue weighted by molar-refractivity contribution is 7.91. The molecule has 0 radical (unpaired) electrons. The fraction of sp³-hybridized carbons (Fsp3) is 0.450. The summed E-state index contributed by atoms with van der Waals surface area (Å²) < 4.78 is 30.0. The predicted octanol–water partition coefficient (Wildman–Crippen LogP) is 3.94. The van der Waals surface area contributed by atoms with Crippen molar-refractivity contribution in [2.24, 2.45) is 7.05 Å². The maximum absolute atomic E-state index is 12.6. The van der Waals surface area contributed by atoms with Crippen LogP contribution in [0.5, 0.6) is 0 Å². The van der Waals surface area contributed by atoms with Gasteiger partial charge in [-0.3, -0.25) is 4.68 Å². The van der Waals surface area contributed by atoms with Gasteiger partial charge in [-0.2, -0.15) is 5.10 Å². The van der Waals surface area contributed by atoms with Crippen LogP contribution in [0.4, 0.5) is 11.6 Å². The number of aromatic nitrogens is 4. The number of thiophene rings is 1. The molecule has 1 fully saturated rings. The summed E-state index contributed by atoms with van der Waals surface area (Å²) in [5.41, 5.74) is 1.56. The molecule has 0 saturated heterocycles. The van der Waals surface area contributed by atoms with E-state index in [1.165, 1.54) is 18.5 Å². The Morgan fingerprint density at radius 3 is 2.63 bits per heavy atom. The van der Waals surface area contributed by atoms with Gasteiger partial charge < -0.3 is 5.32 Å². The second-order valence-corrected chi connectivity index (χ2v) is 11.7. The van der Waals surface area contributed by atoms with Gasteiger partial charge in [-0.25, -0.2) is 23.1 Å². The third-order valence-corrected chi connectivity index (χ3v) is 7.97. The number of nitrogens with one attached hydrogen (secondary N) is 2. The van der Waals surface area contributed by atoms with Gasteiger partial charge in [0.25, 0.3) is 10.0 Å². The molecule has 8 nitrogen and oxygen atoms in total. The Morgan fingerprint density at radius 2 is 1.97 bits per heavy atom. The van der Waals surface area contributed by atoms with Crippen molar-refractivity contribution in [1.29, 1.82) is 0 Å². The van der Waals surface area contributed by atoms with Crippen LogP contribution in [-0.4, -0.2) is 33.7 Å². The van der Waals surface area contributed by atoms with Crippen molar-refractivity contribution in [3.63, 3.8) is 0 Å². The average Bonchev–Trinajstić information content (AvgIpc) is 3.20. The largest absolute Gasteiger partial charge is 0.323 e. The first-order chi connectivity index (χ1) is 14.0. The molecule has 1 aliphatic carbocycles. The van der Waals surface area contributed by atoms with Crippen LogP contribution >= 0.6 is 11.3 Å². The van der Waals surface area contributed by atoms with Crippen molar-refractivity contribution < 1.29 is 8.42 Å². The highest BCUT2D eigenvalue weighted by Gasteiger charge is 2.27. The van der Waals surface area contributed by atoms with Crippen LogP contribution in [0.25, 0.3) is 10.7 Å². The summed E-state index contributed by atoms with van der Waals surface area (Å²) in [5, 5.41) is 7.83. The van der Waals surface area contributed by atoms with Crippen LogP contribution in [0.15, 0.2) is 28.6 Å². The first-order valence-corrected chi connectivity index (χ1v) is 12.1. The molecule has 0 amide bonds. The fourth-order valence-electron chi connectivity index (χ4n) is 3.15. The van der Waals surface area contributed by atoms with E-state index in [2.05, 4.69) is 31.2 Å². The predicted molar refractivity (Wildman–Crippen MR) is 119 cm³/mol. The van der Waals surface area contributed by atoms with Crippen LogP contribution in [0, 0.1) is 6.92 Å². The lowest BCUT2D eigenvalue weighted by molar-refractivity contribution is 0.492. The molecule has 1 saturated carbocycles. The van der Waals surface area contributed by atoms with Gasteiger partial charge in [0, 0.05) is 42.0 Å². The molecule has 0 spiro atoms. The highest BCUT2D eigenvalue weighted by atomic mass is 32.2. The van der Waals surface area contributed by atoms with Crippen LogP contribution in [0.1, 0.15) is 50.8 Å². The number of hydrogen-bond acceptors (Lipinski definition) is 7.